The molecule has 0 aromatic heterocycles. The molecule has 0 saturated heterocycles. The Morgan fingerprint density at radius 2 is 1.87 bits per heavy atom. The highest BCUT2D eigenvalue weighted by atomic mass is 16.5. The predicted octanol–water partition coefficient (Wildman–Crippen LogP) is 3.18. The van der Waals surface area contributed by atoms with Crippen LogP contribution in [0.4, 0.5) is 0 Å². The molecule has 0 aromatic carbocycles. The maximum Gasteiger partial charge on any atom is 0.333 e. The quantitative estimate of drug-likeness (QED) is 0.517. The molecule has 0 aromatic rings. The molecule has 2 nitrogen and oxygen atoms in total. The molecule has 0 amide bonds. The van der Waals surface area contributed by atoms with Crippen molar-refractivity contribution in [2.24, 2.45) is 17.8 Å². The van der Waals surface area contributed by atoms with Gasteiger partial charge in [0.2, 0.25) is 0 Å². The monoisotopic (exact) mass is 210 g/mol. The molecule has 0 N–H and O–H groups in total. The Kier molecular flexibility index (Phi) is 3.95. The molecule has 1 aliphatic rings. The van der Waals surface area contributed by atoms with Gasteiger partial charge in [-0.2, -0.15) is 0 Å². The fourth-order valence-corrected chi connectivity index (χ4v) is 2.32. The van der Waals surface area contributed by atoms with Crippen LogP contribution in [0.3, 0.4) is 0 Å². The van der Waals surface area contributed by atoms with Crippen molar-refractivity contribution in [1.82, 2.24) is 0 Å². The van der Waals surface area contributed by atoms with Crippen molar-refractivity contribution in [3.05, 3.63) is 12.2 Å². The molecule has 4 atom stereocenters. The summed E-state index contributed by atoms with van der Waals surface area (Å²) in [6, 6.07) is 0. The zero-order chi connectivity index (χ0) is 11.6. The Labute approximate surface area is 92.7 Å². The van der Waals surface area contributed by atoms with Gasteiger partial charge in [-0.3, -0.25) is 0 Å². The van der Waals surface area contributed by atoms with E-state index in [-0.39, 0.29) is 12.1 Å². The molecule has 15 heavy (non-hydrogen) atoms. The maximum absolute atomic E-state index is 11.4. The van der Waals surface area contributed by atoms with Crippen LogP contribution in [0.1, 0.15) is 40.5 Å². The van der Waals surface area contributed by atoms with Crippen molar-refractivity contribution in [2.75, 3.05) is 0 Å². The number of ether oxygens (including phenoxy) is 1. The largest absolute Gasteiger partial charge is 0.459 e. The third-order valence-electron chi connectivity index (χ3n) is 3.50. The lowest BCUT2D eigenvalue weighted by Crippen LogP contribution is -2.36. The number of carbonyl (C=O) groups excluding carboxylic acids is 1. The molecular formula is C13H22O2. The van der Waals surface area contributed by atoms with Gasteiger partial charge in [0.05, 0.1) is 0 Å². The van der Waals surface area contributed by atoms with Crippen molar-refractivity contribution in [3.8, 4) is 0 Å². The summed E-state index contributed by atoms with van der Waals surface area (Å²) in [7, 11) is 0. The van der Waals surface area contributed by atoms with Gasteiger partial charge in [-0.15, -0.1) is 0 Å². The maximum atomic E-state index is 11.4. The third-order valence-corrected chi connectivity index (χ3v) is 3.50. The lowest BCUT2D eigenvalue weighted by Gasteiger charge is -2.37. The first-order chi connectivity index (χ1) is 6.91. The standard InChI is InChI=1S/C13H22O2/c1-8(2)13(14)15-12-7-9(3)6-10(4)11(12)5/h9-12H,1,6-7H2,2-5H3. The van der Waals surface area contributed by atoms with Gasteiger partial charge in [0, 0.05) is 5.57 Å². The van der Waals surface area contributed by atoms with Crippen molar-refractivity contribution in [2.45, 2.75) is 46.6 Å². The lowest BCUT2D eigenvalue weighted by molar-refractivity contribution is -0.150. The zero-order valence-corrected chi connectivity index (χ0v) is 10.2. The number of esters is 1. The second-order valence-corrected chi connectivity index (χ2v) is 5.14. The normalized spacial score (nSPS) is 36.0. The Balaban J connectivity index is 2.59. The molecule has 0 spiro atoms. The molecule has 0 radical (unpaired) electrons. The predicted molar refractivity (Wildman–Crippen MR) is 61.4 cm³/mol. The van der Waals surface area contributed by atoms with E-state index in [1.54, 1.807) is 6.92 Å². The van der Waals surface area contributed by atoms with Gasteiger partial charge in [-0.25, -0.2) is 4.79 Å². The minimum absolute atomic E-state index is 0.0768. The van der Waals surface area contributed by atoms with Crippen LogP contribution in [0.15, 0.2) is 12.2 Å². The molecule has 1 saturated carbocycles. The van der Waals surface area contributed by atoms with E-state index >= 15 is 0 Å². The second-order valence-electron chi connectivity index (χ2n) is 5.14. The van der Waals surface area contributed by atoms with Crippen LogP contribution >= 0.6 is 0 Å². The van der Waals surface area contributed by atoms with E-state index in [4.69, 9.17) is 4.74 Å². The van der Waals surface area contributed by atoms with Gasteiger partial charge in [0.15, 0.2) is 0 Å². The topological polar surface area (TPSA) is 26.3 Å². The van der Waals surface area contributed by atoms with Gasteiger partial charge in [-0.1, -0.05) is 27.4 Å². The summed E-state index contributed by atoms with van der Waals surface area (Å²) >= 11 is 0. The lowest BCUT2D eigenvalue weighted by atomic mass is 9.74. The van der Waals surface area contributed by atoms with Crippen LogP contribution in [0, 0.1) is 17.8 Å². The first-order valence-electron chi connectivity index (χ1n) is 5.78. The van der Waals surface area contributed by atoms with Gasteiger partial charge >= 0.3 is 5.97 Å². The van der Waals surface area contributed by atoms with Crippen LogP contribution in [0.2, 0.25) is 0 Å². The summed E-state index contributed by atoms with van der Waals surface area (Å²) in [5, 5.41) is 0. The molecule has 1 aliphatic carbocycles. The summed E-state index contributed by atoms with van der Waals surface area (Å²) in [5.74, 6) is 1.51. The Morgan fingerprint density at radius 3 is 2.40 bits per heavy atom. The third kappa shape index (κ3) is 3.08. The summed E-state index contributed by atoms with van der Waals surface area (Å²) in [6.07, 6.45) is 2.31. The van der Waals surface area contributed by atoms with E-state index in [0.29, 0.717) is 23.3 Å². The molecule has 4 unspecified atom stereocenters. The summed E-state index contributed by atoms with van der Waals surface area (Å²) in [6.45, 7) is 11.9. The second kappa shape index (κ2) is 4.82. The number of hydrogen-bond acceptors (Lipinski definition) is 2. The SMILES string of the molecule is C=C(C)C(=O)OC1CC(C)CC(C)C1C. The smallest absolute Gasteiger partial charge is 0.333 e. The highest BCUT2D eigenvalue weighted by Gasteiger charge is 2.33. The molecule has 86 valence electrons. The molecule has 0 aliphatic heterocycles. The molecule has 0 heterocycles. The molecule has 2 heteroatoms. The zero-order valence-electron chi connectivity index (χ0n) is 10.2. The van der Waals surface area contributed by atoms with Crippen LogP contribution in [0.25, 0.3) is 0 Å². The fourth-order valence-electron chi connectivity index (χ4n) is 2.32. The van der Waals surface area contributed by atoms with E-state index in [0.717, 1.165) is 6.42 Å². The van der Waals surface area contributed by atoms with Crippen LogP contribution < -0.4 is 0 Å². The molecule has 1 rings (SSSR count). The Bertz CT molecular complexity index is 257. The summed E-state index contributed by atoms with van der Waals surface area (Å²) in [5.41, 5.74) is 0.494. The first kappa shape index (κ1) is 12.3. The summed E-state index contributed by atoms with van der Waals surface area (Å²) in [4.78, 5) is 11.4. The minimum Gasteiger partial charge on any atom is -0.459 e. The Morgan fingerprint density at radius 1 is 1.27 bits per heavy atom. The van der Waals surface area contributed by atoms with E-state index < -0.39 is 0 Å². The number of carbonyl (C=O) groups is 1. The van der Waals surface area contributed by atoms with E-state index in [1.807, 2.05) is 0 Å². The molecule has 0 bridgehead atoms. The highest BCUT2D eigenvalue weighted by molar-refractivity contribution is 5.87. The van der Waals surface area contributed by atoms with Crippen LogP contribution in [0.5, 0.6) is 0 Å². The Hall–Kier alpha value is -0.790. The van der Waals surface area contributed by atoms with Crippen molar-refractivity contribution in [3.63, 3.8) is 0 Å². The average molecular weight is 210 g/mol. The van der Waals surface area contributed by atoms with Gasteiger partial charge in [-0.05, 0) is 37.5 Å². The average Bonchev–Trinajstić information content (AvgIpc) is 2.13. The van der Waals surface area contributed by atoms with Crippen LogP contribution in [-0.4, -0.2) is 12.1 Å². The minimum atomic E-state index is -0.242. The van der Waals surface area contributed by atoms with Gasteiger partial charge in [0.25, 0.3) is 0 Å². The van der Waals surface area contributed by atoms with Crippen LogP contribution in [-0.2, 0) is 9.53 Å². The van der Waals surface area contributed by atoms with E-state index in [1.165, 1.54) is 6.42 Å². The van der Waals surface area contributed by atoms with Crippen molar-refractivity contribution >= 4 is 5.97 Å². The number of rotatable bonds is 2. The fraction of sp³-hybridized carbons (Fsp3) is 0.769. The van der Waals surface area contributed by atoms with Gasteiger partial charge < -0.3 is 4.74 Å². The first-order valence-corrected chi connectivity index (χ1v) is 5.78. The van der Waals surface area contributed by atoms with Crippen molar-refractivity contribution in [1.29, 1.82) is 0 Å². The highest BCUT2D eigenvalue weighted by Crippen LogP contribution is 2.35. The van der Waals surface area contributed by atoms with E-state index in [2.05, 4.69) is 27.4 Å². The van der Waals surface area contributed by atoms with Crippen molar-refractivity contribution < 1.29 is 9.53 Å². The molecule has 1 fully saturated rings. The summed E-state index contributed by atoms with van der Waals surface area (Å²) < 4.78 is 5.47. The van der Waals surface area contributed by atoms with Gasteiger partial charge in [0.1, 0.15) is 6.10 Å². The molecular weight excluding hydrogens is 188 g/mol. The number of hydrogen-bond donors (Lipinski definition) is 0. The van der Waals surface area contributed by atoms with E-state index in [9.17, 15) is 4.79 Å².